The Balaban J connectivity index is 2.48. The molecule has 0 aromatic heterocycles. The first kappa shape index (κ1) is 10.7. The van der Waals surface area contributed by atoms with Gasteiger partial charge in [0, 0.05) is 18.2 Å². The molecule has 0 radical (unpaired) electrons. The SMILES string of the molecule is Cc1ccc([N+]2=NC(=O)C=CC2=O)cc1Cl. The van der Waals surface area contributed by atoms with E-state index in [2.05, 4.69) is 5.11 Å². The molecule has 0 bridgehead atoms. The van der Waals surface area contributed by atoms with Gasteiger partial charge >= 0.3 is 11.8 Å². The number of aryl methyl sites for hydroxylation is 1. The molecule has 0 N–H and O–H groups in total. The fraction of sp³-hybridized carbons (Fsp3) is 0.0909. The van der Waals surface area contributed by atoms with Crippen LogP contribution in [0.2, 0.25) is 5.02 Å². The van der Waals surface area contributed by atoms with Crippen LogP contribution in [0.1, 0.15) is 5.56 Å². The third-order valence-electron chi connectivity index (χ3n) is 2.18. The molecular weight excluding hydrogens is 228 g/mol. The van der Waals surface area contributed by atoms with Crippen molar-refractivity contribution in [1.82, 2.24) is 0 Å². The van der Waals surface area contributed by atoms with E-state index in [9.17, 15) is 9.59 Å². The molecule has 16 heavy (non-hydrogen) atoms. The second-order valence-electron chi connectivity index (χ2n) is 3.36. The van der Waals surface area contributed by atoms with E-state index in [1.165, 1.54) is 6.08 Å². The Morgan fingerprint density at radius 1 is 1.25 bits per heavy atom. The lowest BCUT2D eigenvalue weighted by Crippen LogP contribution is -2.17. The molecular formula is C11H8ClN2O2+. The molecule has 1 aromatic carbocycles. The summed E-state index contributed by atoms with van der Waals surface area (Å²) < 4.78 is 1.04. The van der Waals surface area contributed by atoms with Gasteiger partial charge in [-0.1, -0.05) is 17.7 Å². The van der Waals surface area contributed by atoms with Gasteiger partial charge in [0.05, 0.1) is 16.2 Å². The van der Waals surface area contributed by atoms with Crippen LogP contribution in [0.4, 0.5) is 5.69 Å². The first-order valence-corrected chi connectivity index (χ1v) is 4.99. The van der Waals surface area contributed by atoms with Crippen LogP contribution >= 0.6 is 11.6 Å². The van der Waals surface area contributed by atoms with Crippen molar-refractivity contribution >= 4 is 29.1 Å². The van der Waals surface area contributed by atoms with Crippen molar-refractivity contribution in [3.63, 3.8) is 0 Å². The van der Waals surface area contributed by atoms with E-state index in [1.54, 1.807) is 18.2 Å². The lowest BCUT2D eigenvalue weighted by molar-refractivity contribution is -0.425. The van der Waals surface area contributed by atoms with Gasteiger partial charge in [-0.15, -0.1) is 0 Å². The van der Waals surface area contributed by atoms with Gasteiger partial charge in [-0.3, -0.25) is 4.79 Å². The lowest BCUT2D eigenvalue weighted by Gasteiger charge is -2.00. The van der Waals surface area contributed by atoms with Gasteiger partial charge in [0.25, 0.3) is 0 Å². The highest BCUT2D eigenvalue weighted by Crippen LogP contribution is 2.23. The van der Waals surface area contributed by atoms with E-state index >= 15 is 0 Å². The van der Waals surface area contributed by atoms with Gasteiger partial charge in [-0.05, 0) is 17.2 Å². The molecule has 5 heteroatoms. The maximum absolute atomic E-state index is 11.5. The van der Waals surface area contributed by atoms with Crippen LogP contribution in [-0.2, 0) is 9.59 Å². The monoisotopic (exact) mass is 235 g/mol. The number of benzene rings is 1. The fourth-order valence-corrected chi connectivity index (χ4v) is 1.47. The maximum atomic E-state index is 11.5. The van der Waals surface area contributed by atoms with E-state index in [-0.39, 0.29) is 5.91 Å². The van der Waals surface area contributed by atoms with Crippen molar-refractivity contribution < 1.29 is 14.3 Å². The molecule has 1 aliphatic heterocycles. The molecule has 2 rings (SSSR count). The number of halogens is 1. The van der Waals surface area contributed by atoms with E-state index in [1.807, 2.05) is 6.92 Å². The Bertz CT molecular complexity index is 547. The van der Waals surface area contributed by atoms with Gasteiger partial charge in [0.15, 0.2) is 0 Å². The van der Waals surface area contributed by atoms with Crippen molar-refractivity contribution in [3.05, 3.63) is 40.9 Å². The Morgan fingerprint density at radius 2 is 2.00 bits per heavy atom. The summed E-state index contributed by atoms with van der Waals surface area (Å²) >= 11 is 5.93. The van der Waals surface area contributed by atoms with Gasteiger partial charge in [-0.2, -0.15) is 0 Å². The number of azo groups is 2. The third kappa shape index (κ3) is 1.92. The summed E-state index contributed by atoms with van der Waals surface area (Å²) in [6.45, 7) is 1.85. The Hall–Kier alpha value is -1.81. The zero-order valence-electron chi connectivity index (χ0n) is 8.48. The minimum Gasteiger partial charge on any atom is -0.261 e. The average molecular weight is 236 g/mol. The summed E-state index contributed by atoms with van der Waals surface area (Å²) in [4.78, 5) is 22.6. The average Bonchev–Trinajstić information content (AvgIpc) is 2.26. The predicted octanol–water partition coefficient (Wildman–Crippen LogP) is 2.37. The highest BCUT2D eigenvalue weighted by atomic mass is 35.5. The first-order valence-electron chi connectivity index (χ1n) is 4.62. The summed E-state index contributed by atoms with van der Waals surface area (Å²) in [5.41, 5.74) is 1.38. The zero-order chi connectivity index (χ0) is 11.7. The molecule has 0 atom stereocenters. The number of carbonyl (C=O) groups is 2. The molecule has 1 heterocycles. The topological polar surface area (TPSA) is 49.5 Å². The van der Waals surface area contributed by atoms with Crippen LogP contribution in [0.3, 0.4) is 0 Å². The molecule has 0 saturated carbocycles. The van der Waals surface area contributed by atoms with Crippen molar-refractivity contribution in [2.24, 2.45) is 5.11 Å². The zero-order valence-corrected chi connectivity index (χ0v) is 9.23. The van der Waals surface area contributed by atoms with E-state index in [0.29, 0.717) is 10.7 Å². The molecule has 0 spiro atoms. The van der Waals surface area contributed by atoms with Crippen LogP contribution in [0.5, 0.6) is 0 Å². The first-order chi connectivity index (χ1) is 7.58. The number of amides is 2. The molecule has 0 saturated heterocycles. The number of hydrogen-bond donors (Lipinski definition) is 0. The molecule has 0 aliphatic carbocycles. The Morgan fingerprint density at radius 3 is 2.69 bits per heavy atom. The molecule has 4 nitrogen and oxygen atoms in total. The molecule has 0 unspecified atom stereocenters. The summed E-state index contributed by atoms with van der Waals surface area (Å²) in [5.74, 6) is -0.823. The van der Waals surface area contributed by atoms with Crippen molar-refractivity contribution in [1.29, 1.82) is 0 Å². The second kappa shape index (κ2) is 3.98. The maximum Gasteiger partial charge on any atom is 0.443 e. The smallest absolute Gasteiger partial charge is 0.261 e. The van der Waals surface area contributed by atoms with Crippen LogP contribution in [0, 0.1) is 6.92 Å². The van der Waals surface area contributed by atoms with Crippen LogP contribution in [-0.4, -0.2) is 16.5 Å². The molecule has 1 aliphatic rings. The van der Waals surface area contributed by atoms with E-state index in [4.69, 9.17) is 11.6 Å². The lowest BCUT2D eigenvalue weighted by atomic mass is 10.2. The second-order valence-corrected chi connectivity index (χ2v) is 3.76. The molecule has 2 amide bonds. The normalized spacial score (nSPS) is 15.2. The summed E-state index contributed by atoms with van der Waals surface area (Å²) in [5, 5.41) is 4.13. The Kier molecular flexibility index (Phi) is 2.66. The van der Waals surface area contributed by atoms with E-state index < -0.39 is 5.91 Å². The number of nitrogens with zero attached hydrogens (tertiary/aromatic N) is 2. The number of carbonyl (C=O) groups excluding carboxylic acids is 2. The molecule has 0 fully saturated rings. The highest BCUT2D eigenvalue weighted by Gasteiger charge is 2.26. The quantitative estimate of drug-likeness (QED) is 0.702. The number of rotatable bonds is 1. The van der Waals surface area contributed by atoms with E-state index in [0.717, 1.165) is 16.3 Å². The van der Waals surface area contributed by atoms with Crippen LogP contribution in [0.25, 0.3) is 0 Å². The fourth-order valence-electron chi connectivity index (χ4n) is 1.29. The summed E-state index contributed by atoms with van der Waals surface area (Å²) in [6, 6.07) is 5.06. The highest BCUT2D eigenvalue weighted by molar-refractivity contribution is 6.31. The summed E-state index contributed by atoms with van der Waals surface area (Å²) in [6.07, 6.45) is 2.32. The van der Waals surface area contributed by atoms with Gasteiger partial charge < -0.3 is 0 Å². The van der Waals surface area contributed by atoms with Gasteiger partial charge in [0.2, 0.25) is 5.69 Å². The number of hydrogen-bond acceptors (Lipinski definition) is 2. The predicted molar refractivity (Wildman–Crippen MR) is 57.7 cm³/mol. The molecule has 1 aromatic rings. The summed E-state index contributed by atoms with van der Waals surface area (Å²) in [7, 11) is 0. The molecule has 80 valence electrons. The van der Waals surface area contributed by atoms with Crippen LogP contribution in [0.15, 0.2) is 35.5 Å². The largest absolute Gasteiger partial charge is 0.443 e. The minimum absolute atomic E-state index is 0.362. The van der Waals surface area contributed by atoms with Crippen molar-refractivity contribution in [2.45, 2.75) is 6.92 Å². The van der Waals surface area contributed by atoms with Crippen molar-refractivity contribution in [3.8, 4) is 0 Å². The minimum atomic E-state index is -0.462. The van der Waals surface area contributed by atoms with Gasteiger partial charge in [0.1, 0.15) is 0 Å². The third-order valence-corrected chi connectivity index (χ3v) is 2.58. The Labute approximate surface area is 96.8 Å². The standard InChI is InChI=1S/C11H8ClN2O2/c1-7-2-3-8(6-9(7)12)14-11(16)5-4-10(15)13-14/h2-6H,1H3/q+1. The van der Waals surface area contributed by atoms with Gasteiger partial charge in [-0.25, -0.2) is 4.79 Å². The van der Waals surface area contributed by atoms with Crippen LogP contribution < -0.4 is 0 Å². The van der Waals surface area contributed by atoms with Crippen molar-refractivity contribution in [2.75, 3.05) is 0 Å².